The predicted octanol–water partition coefficient (Wildman–Crippen LogP) is 3.97. The molecule has 0 aromatic carbocycles. The highest BCUT2D eigenvalue weighted by Crippen LogP contribution is 2.26. The maximum absolute atomic E-state index is 5.78. The first-order chi connectivity index (χ1) is 6.74. The number of rotatable bonds is 7. The van der Waals surface area contributed by atoms with E-state index in [9.17, 15) is 0 Å². The fraction of sp³-hybridized carbons (Fsp3) is 1.00. The van der Waals surface area contributed by atoms with E-state index in [2.05, 4.69) is 52.0 Å². The van der Waals surface area contributed by atoms with Gasteiger partial charge in [0.2, 0.25) is 0 Å². The highest BCUT2D eigenvalue weighted by Gasteiger charge is 2.15. The number of nitrogens with zero attached hydrogens (tertiary/aromatic N) is 1. The molecule has 2 nitrogen and oxygen atoms in total. The van der Waals surface area contributed by atoms with Gasteiger partial charge in [-0.3, -0.25) is 4.67 Å². The second-order valence-corrected chi connectivity index (χ2v) is 12.5. The zero-order valence-electron chi connectivity index (χ0n) is 11.4. The number of hydrogen-bond acceptors (Lipinski definition) is 2. The zero-order chi connectivity index (χ0) is 12.1. The maximum Gasteiger partial charge on any atom is 0.0893 e. The minimum absolute atomic E-state index is 0.525. The van der Waals surface area contributed by atoms with Crippen LogP contribution in [0, 0.1) is 0 Å². The summed E-state index contributed by atoms with van der Waals surface area (Å²) in [7, 11) is -0.397. The molecule has 0 aliphatic carbocycles. The molecule has 0 saturated heterocycles. The molecule has 0 spiro atoms. The van der Waals surface area contributed by atoms with Crippen LogP contribution < -0.4 is 0 Å². The molecule has 0 N–H and O–H groups in total. The minimum Gasteiger partial charge on any atom is -0.347 e. The van der Waals surface area contributed by atoms with Crippen LogP contribution in [0.2, 0.25) is 25.7 Å². The largest absolute Gasteiger partial charge is 0.347 e. The van der Waals surface area contributed by atoms with E-state index >= 15 is 0 Å². The van der Waals surface area contributed by atoms with Gasteiger partial charge in [0.1, 0.15) is 0 Å². The molecule has 0 aliphatic rings. The molecular weight excluding hydrogens is 221 g/mol. The molecule has 0 aromatic heterocycles. The Bertz CT molecular complexity index is 160. The van der Waals surface area contributed by atoms with Gasteiger partial charge in [0.15, 0.2) is 0 Å². The van der Waals surface area contributed by atoms with Crippen molar-refractivity contribution >= 4 is 17.0 Å². The van der Waals surface area contributed by atoms with Crippen LogP contribution >= 0.6 is 8.96 Å². The molecular formula is C11H28NOPSi. The lowest BCUT2D eigenvalue weighted by Gasteiger charge is -2.29. The average molecular weight is 249 g/mol. The van der Waals surface area contributed by atoms with Gasteiger partial charge >= 0.3 is 0 Å². The summed E-state index contributed by atoms with van der Waals surface area (Å²) in [5.41, 5.74) is 0. The van der Waals surface area contributed by atoms with Crippen LogP contribution in [0.3, 0.4) is 0 Å². The van der Waals surface area contributed by atoms with Gasteiger partial charge in [-0.15, -0.1) is 0 Å². The highest BCUT2D eigenvalue weighted by atomic mass is 31.1. The summed E-state index contributed by atoms with van der Waals surface area (Å²) in [5, 5.41) is 0. The molecule has 0 bridgehead atoms. The molecule has 0 fully saturated rings. The third-order valence-electron chi connectivity index (χ3n) is 2.24. The standard InChI is InChI=1S/C11H28NOPSi/c1-10(2)12(11(3)4)14-13-8-9-15(5,6)7/h10-11,14H,8-9H2,1-7H3. The normalized spacial score (nSPS) is 14.0. The van der Waals surface area contributed by atoms with Crippen LogP contribution in [0.25, 0.3) is 0 Å². The summed E-state index contributed by atoms with van der Waals surface area (Å²) >= 11 is 0. The van der Waals surface area contributed by atoms with Crippen LogP contribution in [-0.2, 0) is 4.52 Å². The molecule has 0 aliphatic heterocycles. The van der Waals surface area contributed by atoms with E-state index in [1.165, 1.54) is 6.04 Å². The Hall–Kier alpha value is 0.567. The van der Waals surface area contributed by atoms with E-state index in [0.717, 1.165) is 6.61 Å². The van der Waals surface area contributed by atoms with Crippen molar-refractivity contribution in [1.82, 2.24) is 4.67 Å². The summed E-state index contributed by atoms with van der Waals surface area (Å²) in [6.45, 7) is 17.0. The number of hydrogen-bond donors (Lipinski definition) is 0. The molecule has 0 saturated carbocycles. The second kappa shape index (κ2) is 7.00. The first-order valence-electron chi connectivity index (χ1n) is 5.90. The minimum atomic E-state index is -0.923. The Morgan fingerprint density at radius 1 is 1.07 bits per heavy atom. The third kappa shape index (κ3) is 8.38. The lowest BCUT2D eigenvalue weighted by Crippen LogP contribution is -2.30. The second-order valence-electron chi connectivity index (χ2n) is 5.85. The van der Waals surface area contributed by atoms with Gasteiger partial charge < -0.3 is 4.52 Å². The summed E-state index contributed by atoms with van der Waals surface area (Å²) < 4.78 is 8.19. The summed E-state index contributed by atoms with van der Waals surface area (Å²) in [4.78, 5) is 0. The van der Waals surface area contributed by atoms with Crippen molar-refractivity contribution in [3.8, 4) is 0 Å². The van der Waals surface area contributed by atoms with Gasteiger partial charge in [-0.1, -0.05) is 19.6 Å². The van der Waals surface area contributed by atoms with Crippen molar-refractivity contribution in [3.05, 3.63) is 0 Å². The van der Waals surface area contributed by atoms with E-state index in [-0.39, 0.29) is 0 Å². The fourth-order valence-electron chi connectivity index (χ4n) is 1.28. The quantitative estimate of drug-likeness (QED) is 0.384. The predicted molar refractivity (Wildman–Crippen MR) is 74.5 cm³/mol. The third-order valence-corrected chi connectivity index (χ3v) is 5.52. The maximum atomic E-state index is 5.78. The Morgan fingerprint density at radius 2 is 1.53 bits per heavy atom. The van der Waals surface area contributed by atoms with Crippen LogP contribution in [0.15, 0.2) is 0 Å². The van der Waals surface area contributed by atoms with Crippen LogP contribution in [-0.4, -0.2) is 31.4 Å². The van der Waals surface area contributed by atoms with Gasteiger partial charge in [0.25, 0.3) is 0 Å². The smallest absolute Gasteiger partial charge is 0.0893 e. The van der Waals surface area contributed by atoms with E-state index < -0.39 is 8.07 Å². The van der Waals surface area contributed by atoms with Crippen LogP contribution in [0.1, 0.15) is 27.7 Å². The van der Waals surface area contributed by atoms with Gasteiger partial charge in [-0.05, 0) is 33.7 Å². The van der Waals surface area contributed by atoms with Crippen LogP contribution in [0.4, 0.5) is 0 Å². The first kappa shape index (κ1) is 15.6. The van der Waals surface area contributed by atoms with Crippen molar-refractivity contribution < 1.29 is 4.52 Å². The Balaban J connectivity index is 3.73. The SMILES string of the molecule is CC(C)N(POCC[Si](C)(C)C)C(C)C. The van der Waals surface area contributed by atoms with Crippen molar-refractivity contribution in [2.75, 3.05) is 6.61 Å². The Morgan fingerprint density at radius 3 is 1.87 bits per heavy atom. The van der Waals surface area contributed by atoms with Gasteiger partial charge in [-0.25, -0.2) is 0 Å². The molecule has 15 heavy (non-hydrogen) atoms. The highest BCUT2D eigenvalue weighted by molar-refractivity contribution is 7.29. The van der Waals surface area contributed by atoms with Crippen molar-refractivity contribution in [3.63, 3.8) is 0 Å². The van der Waals surface area contributed by atoms with Gasteiger partial charge in [0.05, 0.1) is 8.96 Å². The van der Waals surface area contributed by atoms with E-state index in [0.29, 0.717) is 21.0 Å². The fourth-order valence-corrected chi connectivity index (χ4v) is 2.97. The summed E-state index contributed by atoms with van der Waals surface area (Å²) in [6.07, 6.45) is 0. The average Bonchev–Trinajstić information content (AvgIpc) is 2.00. The molecule has 0 amide bonds. The monoisotopic (exact) mass is 249 g/mol. The Labute approximate surface area is 98.7 Å². The van der Waals surface area contributed by atoms with E-state index in [4.69, 9.17) is 4.52 Å². The van der Waals surface area contributed by atoms with Crippen molar-refractivity contribution in [2.45, 2.75) is 65.5 Å². The van der Waals surface area contributed by atoms with Gasteiger partial charge in [0, 0.05) is 26.8 Å². The molecule has 1 unspecified atom stereocenters. The molecule has 4 heteroatoms. The van der Waals surface area contributed by atoms with Crippen molar-refractivity contribution in [2.24, 2.45) is 0 Å². The zero-order valence-corrected chi connectivity index (χ0v) is 13.4. The van der Waals surface area contributed by atoms with Crippen LogP contribution in [0.5, 0.6) is 0 Å². The summed E-state index contributed by atoms with van der Waals surface area (Å²) in [6, 6.07) is 2.43. The molecule has 0 radical (unpaired) electrons. The lowest BCUT2D eigenvalue weighted by atomic mass is 10.3. The van der Waals surface area contributed by atoms with Gasteiger partial charge in [-0.2, -0.15) is 0 Å². The Kier molecular flexibility index (Phi) is 7.27. The molecule has 0 aromatic rings. The molecule has 1 atom stereocenters. The molecule has 0 heterocycles. The van der Waals surface area contributed by atoms with E-state index in [1.807, 2.05) is 0 Å². The van der Waals surface area contributed by atoms with E-state index in [1.54, 1.807) is 0 Å². The molecule has 0 rings (SSSR count). The van der Waals surface area contributed by atoms with Crippen molar-refractivity contribution in [1.29, 1.82) is 0 Å². The topological polar surface area (TPSA) is 12.5 Å². The lowest BCUT2D eigenvalue weighted by molar-refractivity contribution is 0.274. The molecule has 92 valence electrons. The summed E-state index contributed by atoms with van der Waals surface area (Å²) in [5.74, 6) is 0. The first-order valence-corrected chi connectivity index (χ1v) is 10.5.